The quantitative estimate of drug-likeness (QED) is 0.657. The van der Waals surface area contributed by atoms with Gasteiger partial charge in [0.2, 0.25) is 5.91 Å². The maximum atomic E-state index is 11.5. The van der Waals surface area contributed by atoms with Crippen LogP contribution >= 0.6 is 0 Å². The molecule has 0 saturated heterocycles. The van der Waals surface area contributed by atoms with Crippen LogP contribution in [0.2, 0.25) is 0 Å². The molecule has 0 aliphatic heterocycles. The largest absolute Gasteiger partial charge is 0.356 e. The second-order valence-corrected chi connectivity index (χ2v) is 3.57. The maximum Gasteiger partial charge on any atom is 0.226 e. The van der Waals surface area contributed by atoms with E-state index in [1.165, 1.54) is 0 Å². The van der Waals surface area contributed by atoms with Crippen LogP contribution in [0.1, 0.15) is 17.8 Å². The molecule has 0 unspecified atom stereocenters. The number of amides is 1. The standard InChI is InChI=1S/C10H18N4O/c1-8-6-9(14(2)13-8)7-10(15)12-5-3-4-11/h6H,3-5,7,11H2,1-2H3,(H,12,15). The van der Waals surface area contributed by atoms with Gasteiger partial charge in [0.15, 0.2) is 0 Å². The first-order valence-electron chi connectivity index (χ1n) is 5.09. The molecule has 0 saturated carbocycles. The van der Waals surface area contributed by atoms with E-state index in [-0.39, 0.29) is 5.91 Å². The molecule has 1 aromatic rings. The molecule has 5 heteroatoms. The van der Waals surface area contributed by atoms with E-state index >= 15 is 0 Å². The molecular weight excluding hydrogens is 192 g/mol. The normalized spacial score (nSPS) is 10.3. The lowest BCUT2D eigenvalue weighted by Gasteiger charge is -2.04. The van der Waals surface area contributed by atoms with Crippen LogP contribution in [0.3, 0.4) is 0 Å². The number of nitrogens with two attached hydrogens (primary N) is 1. The predicted molar refractivity (Wildman–Crippen MR) is 58.3 cm³/mol. The molecule has 1 aromatic heterocycles. The van der Waals surface area contributed by atoms with Crippen molar-refractivity contribution in [1.29, 1.82) is 0 Å². The summed E-state index contributed by atoms with van der Waals surface area (Å²) in [4.78, 5) is 11.5. The zero-order chi connectivity index (χ0) is 11.3. The van der Waals surface area contributed by atoms with E-state index in [2.05, 4.69) is 10.4 Å². The van der Waals surface area contributed by atoms with Gasteiger partial charge in [-0.05, 0) is 26.0 Å². The molecule has 1 heterocycles. The third-order valence-electron chi connectivity index (χ3n) is 2.14. The van der Waals surface area contributed by atoms with Crippen molar-refractivity contribution in [1.82, 2.24) is 15.1 Å². The van der Waals surface area contributed by atoms with Gasteiger partial charge in [0.1, 0.15) is 0 Å². The number of nitrogens with zero attached hydrogens (tertiary/aromatic N) is 2. The van der Waals surface area contributed by atoms with E-state index in [1.54, 1.807) is 4.68 Å². The van der Waals surface area contributed by atoms with Crippen molar-refractivity contribution in [2.75, 3.05) is 13.1 Å². The van der Waals surface area contributed by atoms with Crippen LogP contribution in [0.25, 0.3) is 0 Å². The van der Waals surface area contributed by atoms with Crippen LogP contribution in [0, 0.1) is 6.92 Å². The average Bonchev–Trinajstić information content (AvgIpc) is 2.45. The Balaban J connectivity index is 2.41. The lowest BCUT2D eigenvalue weighted by Crippen LogP contribution is -2.28. The molecular formula is C10H18N4O. The van der Waals surface area contributed by atoms with Gasteiger partial charge in [-0.3, -0.25) is 9.48 Å². The van der Waals surface area contributed by atoms with E-state index in [4.69, 9.17) is 5.73 Å². The number of carbonyl (C=O) groups excluding carboxylic acids is 1. The smallest absolute Gasteiger partial charge is 0.226 e. The van der Waals surface area contributed by atoms with E-state index < -0.39 is 0 Å². The van der Waals surface area contributed by atoms with E-state index in [0.29, 0.717) is 19.5 Å². The topological polar surface area (TPSA) is 72.9 Å². The third kappa shape index (κ3) is 3.71. The van der Waals surface area contributed by atoms with Crippen LogP contribution in [-0.4, -0.2) is 28.8 Å². The predicted octanol–water partition coefficient (Wildman–Crippen LogP) is -0.264. The van der Waals surface area contributed by atoms with Gasteiger partial charge in [-0.2, -0.15) is 5.10 Å². The summed E-state index contributed by atoms with van der Waals surface area (Å²) in [5, 5.41) is 6.99. The summed E-state index contributed by atoms with van der Waals surface area (Å²) in [6, 6.07) is 1.92. The van der Waals surface area contributed by atoms with E-state index in [0.717, 1.165) is 17.8 Å². The molecule has 84 valence electrons. The Labute approximate surface area is 89.6 Å². The average molecular weight is 210 g/mol. The van der Waals surface area contributed by atoms with Crippen molar-refractivity contribution in [3.63, 3.8) is 0 Å². The molecule has 0 atom stereocenters. The fourth-order valence-electron chi connectivity index (χ4n) is 1.39. The summed E-state index contributed by atoms with van der Waals surface area (Å²) in [6.45, 7) is 3.16. The number of rotatable bonds is 5. The minimum absolute atomic E-state index is 0.0199. The molecule has 0 aromatic carbocycles. The molecule has 0 bridgehead atoms. The fourth-order valence-corrected chi connectivity index (χ4v) is 1.39. The highest BCUT2D eigenvalue weighted by atomic mass is 16.1. The molecule has 0 spiro atoms. The zero-order valence-corrected chi connectivity index (χ0v) is 9.29. The van der Waals surface area contributed by atoms with Crippen LogP contribution in [0.4, 0.5) is 0 Å². The summed E-state index contributed by atoms with van der Waals surface area (Å²) in [6.07, 6.45) is 1.19. The van der Waals surface area contributed by atoms with Crippen LogP contribution in [0.15, 0.2) is 6.07 Å². The lowest BCUT2D eigenvalue weighted by atomic mass is 10.2. The minimum Gasteiger partial charge on any atom is -0.356 e. The number of hydrogen-bond donors (Lipinski definition) is 2. The monoisotopic (exact) mass is 210 g/mol. The second kappa shape index (κ2) is 5.50. The number of aryl methyl sites for hydroxylation is 2. The van der Waals surface area contributed by atoms with Gasteiger partial charge in [-0.25, -0.2) is 0 Å². The second-order valence-electron chi connectivity index (χ2n) is 3.57. The van der Waals surface area contributed by atoms with Crippen molar-refractivity contribution in [3.05, 3.63) is 17.5 Å². The van der Waals surface area contributed by atoms with Crippen LogP contribution in [-0.2, 0) is 18.3 Å². The molecule has 15 heavy (non-hydrogen) atoms. The van der Waals surface area contributed by atoms with Gasteiger partial charge < -0.3 is 11.1 Å². The highest BCUT2D eigenvalue weighted by Gasteiger charge is 2.07. The van der Waals surface area contributed by atoms with Gasteiger partial charge in [0.05, 0.1) is 12.1 Å². The number of carbonyl (C=O) groups is 1. The summed E-state index contributed by atoms with van der Waals surface area (Å²) in [5.41, 5.74) is 7.19. The highest BCUT2D eigenvalue weighted by Crippen LogP contribution is 2.02. The Bertz CT molecular complexity index is 332. The maximum absolute atomic E-state index is 11.5. The Morgan fingerprint density at radius 2 is 2.40 bits per heavy atom. The molecule has 0 aliphatic rings. The minimum atomic E-state index is 0.0199. The van der Waals surface area contributed by atoms with Gasteiger partial charge >= 0.3 is 0 Å². The zero-order valence-electron chi connectivity index (χ0n) is 9.29. The summed E-state index contributed by atoms with van der Waals surface area (Å²) < 4.78 is 1.73. The highest BCUT2D eigenvalue weighted by molar-refractivity contribution is 5.78. The van der Waals surface area contributed by atoms with Crippen LogP contribution in [0.5, 0.6) is 0 Å². The Hall–Kier alpha value is -1.36. The number of hydrogen-bond acceptors (Lipinski definition) is 3. The summed E-state index contributed by atoms with van der Waals surface area (Å²) >= 11 is 0. The molecule has 0 radical (unpaired) electrons. The van der Waals surface area contributed by atoms with Gasteiger partial charge in [-0.15, -0.1) is 0 Å². The Morgan fingerprint density at radius 1 is 1.67 bits per heavy atom. The van der Waals surface area contributed by atoms with Crippen molar-refractivity contribution < 1.29 is 4.79 Å². The van der Waals surface area contributed by atoms with Crippen molar-refractivity contribution >= 4 is 5.91 Å². The van der Waals surface area contributed by atoms with Crippen molar-refractivity contribution in [2.24, 2.45) is 12.8 Å². The summed E-state index contributed by atoms with van der Waals surface area (Å²) in [5.74, 6) is 0.0199. The van der Waals surface area contributed by atoms with Gasteiger partial charge in [0, 0.05) is 19.3 Å². The molecule has 5 nitrogen and oxygen atoms in total. The first-order chi connectivity index (χ1) is 7.13. The van der Waals surface area contributed by atoms with Gasteiger partial charge in [-0.1, -0.05) is 0 Å². The molecule has 1 amide bonds. The van der Waals surface area contributed by atoms with Gasteiger partial charge in [0.25, 0.3) is 0 Å². The first kappa shape index (κ1) is 11.7. The SMILES string of the molecule is Cc1cc(CC(=O)NCCCN)n(C)n1. The van der Waals surface area contributed by atoms with E-state index in [1.807, 2.05) is 20.0 Å². The Morgan fingerprint density at radius 3 is 2.93 bits per heavy atom. The lowest BCUT2D eigenvalue weighted by molar-refractivity contribution is -0.120. The molecule has 1 rings (SSSR count). The van der Waals surface area contributed by atoms with Crippen molar-refractivity contribution in [2.45, 2.75) is 19.8 Å². The number of aromatic nitrogens is 2. The third-order valence-corrected chi connectivity index (χ3v) is 2.14. The molecule has 3 N–H and O–H groups in total. The van der Waals surface area contributed by atoms with Crippen molar-refractivity contribution in [3.8, 4) is 0 Å². The van der Waals surface area contributed by atoms with Crippen LogP contribution < -0.4 is 11.1 Å². The van der Waals surface area contributed by atoms with E-state index in [9.17, 15) is 4.79 Å². The molecule has 0 aliphatic carbocycles. The molecule has 0 fully saturated rings. The Kier molecular flexibility index (Phi) is 4.30. The summed E-state index contributed by atoms with van der Waals surface area (Å²) in [7, 11) is 1.84. The number of nitrogens with one attached hydrogen (secondary N) is 1. The first-order valence-corrected chi connectivity index (χ1v) is 5.09. The fraction of sp³-hybridized carbons (Fsp3) is 0.600.